The number of allylic oxidation sites excluding steroid dienone is 9. The number of hydrogen-bond acceptors (Lipinski definition) is 1. The first kappa shape index (κ1) is 21.7. The Morgan fingerprint density at radius 2 is 1.38 bits per heavy atom. The molecule has 0 amide bonds. The fraction of sp³-hybridized carbons (Fsp3) is 0.409. The summed E-state index contributed by atoms with van der Waals surface area (Å²) in [5.41, 5.74) is 0. The van der Waals surface area contributed by atoms with E-state index in [1.807, 2.05) is 30.4 Å². The van der Waals surface area contributed by atoms with Crippen molar-refractivity contribution in [2.24, 2.45) is 0 Å². The molecule has 24 heavy (non-hydrogen) atoms. The van der Waals surface area contributed by atoms with Crippen LogP contribution in [-0.2, 0) is 4.79 Å². The summed E-state index contributed by atoms with van der Waals surface area (Å²) in [5.74, 6) is 4.33. The van der Waals surface area contributed by atoms with Crippen LogP contribution in [-0.4, -0.2) is 11.1 Å². The molecular weight excluding hydrogens is 296 g/mol. The molecule has 1 N–H and O–H groups in total. The van der Waals surface area contributed by atoms with Crippen LogP contribution in [0.5, 0.6) is 0 Å². The van der Waals surface area contributed by atoms with Crippen molar-refractivity contribution in [3.63, 3.8) is 0 Å². The molecular formula is C22H30O2. The molecule has 0 aliphatic carbocycles. The molecule has 0 unspecified atom stereocenters. The van der Waals surface area contributed by atoms with Gasteiger partial charge in [0.15, 0.2) is 0 Å². The topological polar surface area (TPSA) is 37.3 Å². The highest BCUT2D eigenvalue weighted by Gasteiger charge is 1.88. The van der Waals surface area contributed by atoms with Crippen LogP contribution in [0.2, 0.25) is 0 Å². The third-order valence-electron chi connectivity index (χ3n) is 3.24. The van der Waals surface area contributed by atoms with E-state index in [2.05, 4.69) is 30.9 Å². The lowest BCUT2D eigenvalue weighted by Gasteiger charge is -1.98. The predicted molar refractivity (Wildman–Crippen MR) is 104 cm³/mol. The number of carboxylic acids is 1. The maximum absolute atomic E-state index is 10.2. The summed E-state index contributed by atoms with van der Waals surface area (Å²) in [5, 5.41) is 8.36. The van der Waals surface area contributed by atoms with E-state index in [0.29, 0.717) is 0 Å². The van der Waals surface area contributed by atoms with Gasteiger partial charge in [-0.3, -0.25) is 0 Å². The molecule has 0 radical (unpaired) electrons. The summed E-state index contributed by atoms with van der Waals surface area (Å²) in [6.07, 6.45) is 28.5. The predicted octanol–water partition coefficient (Wildman–Crippen LogP) is 6.00. The second kappa shape index (κ2) is 18.8. The molecule has 2 nitrogen and oxygen atoms in total. The molecule has 0 atom stereocenters. The van der Waals surface area contributed by atoms with Gasteiger partial charge in [0, 0.05) is 6.08 Å². The Morgan fingerprint density at radius 3 is 2.08 bits per heavy atom. The van der Waals surface area contributed by atoms with Crippen molar-refractivity contribution in [3.8, 4) is 11.8 Å². The van der Waals surface area contributed by atoms with Gasteiger partial charge in [0.25, 0.3) is 0 Å². The van der Waals surface area contributed by atoms with Crippen LogP contribution in [0, 0.1) is 11.8 Å². The van der Waals surface area contributed by atoms with E-state index < -0.39 is 5.97 Å². The first-order chi connectivity index (χ1) is 11.8. The van der Waals surface area contributed by atoms with Crippen LogP contribution in [0.3, 0.4) is 0 Å². The quantitative estimate of drug-likeness (QED) is 0.207. The number of aliphatic carboxylic acids is 1. The molecule has 0 spiro atoms. The normalized spacial score (nSPS) is 12.0. The Kier molecular flexibility index (Phi) is 17.0. The summed E-state index contributed by atoms with van der Waals surface area (Å²) in [7, 11) is 0. The molecule has 0 aromatic rings. The third-order valence-corrected chi connectivity index (χ3v) is 3.24. The van der Waals surface area contributed by atoms with Gasteiger partial charge in [0.2, 0.25) is 0 Å². The maximum Gasteiger partial charge on any atom is 0.328 e. The van der Waals surface area contributed by atoms with E-state index in [-0.39, 0.29) is 0 Å². The highest BCUT2D eigenvalue weighted by Crippen LogP contribution is 2.08. The standard InChI is InChI=1S/C22H30O2/c1-2-3-4-5-6-7-8-9-10-11-12-13-14-15-16-17-18-19-20-21-22(23)24/h10-17,20-21H,2-9H2,1H3,(H,23,24)/b11-10+,13-12+,15-14+,17-16+,21-20+. The maximum atomic E-state index is 10.2. The zero-order valence-corrected chi connectivity index (χ0v) is 14.8. The molecule has 0 bridgehead atoms. The van der Waals surface area contributed by atoms with Gasteiger partial charge in [-0.1, -0.05) is 99.8 Å². The van der Waals surface area contributed by atoms with Crippen LogP contribution in [0.1, 0.15) is 58.3 Å². The lowest BCUT2D eigenvalue weighted by atomic mass is 10.1. The van der Waals surface area contributed by atoms with Crippen molar-refractivity contribution in [1.29, 1.82) is 0 Å². The van der Waals surface area contributed by atoms with Gasteiger partial charge in [-0.15, -0.1) is 0 Å². The van der Waals surface area contributed by atoms with Gasteiger partial charge in [0.05, 0.1) is 0 Å². The minimum absolute atomic E-state index is 0.988. The van der Waals surface area contributed by atoms with Gasteiger partial charge < -0.3 is 5.11 Å². The lowest BCUT2D eigenvalue weighted by Crippen LogP contribution is -1.84. The van der Waals surface area contributed by atoms with Crippen LogP contribution < -0.4 is 0 Å². The largest absolute Gasteiger partial charge is 0.478 e. The summed E-state index contributed by atoms with van der Waals surface area (Å²) >= 11 is 0. The van der Waals surface area contributed by atoms with Crippen molar-refractivity contribution < 1.29 is 9.90 Å². The monoisotopic (exact) mass is 326 g/mol. The molecule has 0 aromatic carbocycles. The summed E-state index contributed by atoms with van der Waals surface area (Å²) < 4.78 is 0. The van der Waals surface area contributed by atoms with E-state index in [4.69, 9.17) is 5.11 Å². The molecule has 0 saturated heterocycles. The zero-order chi connectivity index (χ0) is 17.7. The van der Waals surface area contributed by atoms with Gasteiger partial charge in [-0.2, -0.15) is 0 Å². The fourth-order valence-electron chi connectivity index (χ4n) is 1.96. The van der Waals surface area contributed by atoms with Crippen LogP contribution in [0.4, 0.5) is 0 Å². The number of carbonyl (C=O) groups is 1. The Morgan fingerprint density at radius 1 is 0.792 bits per heavy atom. The van der Waals surface area contributed by atoms with E-state index in [1.54, 1.807) is 6.08 Å². The third kappa shape index (κ3) is 19.7. The van der Waals surface area contributed by atoms with E-state index in [9.17, 15) is 4.79 Å². The SMILES string of the molecule is CCCCCCCCC/C=C/C=C/C=C/C=C/C#C/C=C/C(=O)O. The summed E-state index contributed by atoms with van der Waals surface area (Å²) in [6.45, 7) is 2.25. The van der Waals surface area contributed by atoms with Gasteiger partial charge in [0.1, 0.15) is 0 Å². The number of unbranched alkanes of at least 4 members (excludes halogenated alkanes) is 7. The van der Waals surface area contributed by atoms with Crippen molar-refractivity contribution in [1.82, 2.24) is 0 Å². The number of hydrogen-bond donors (Lipinski definition) is 1. The Labute approximate surface area is 147 Å². The average Bonchev–Trinajstić information content (AvgIpc) is 2.56. The Bertz CT molecular complexity index is 508. The molecule has 130 valence electrons. The van der Waals surface area contributed by atoms with Crippen molar-refractivity contribution in [2.75, 3.05) is 0 Å². The fourth-order valence-corrected chi connectivity index (χ4v) is 1.96. The second-order valence-electron chi connectivity index (χ2n) is 5.43. The first-order valence-corrected chi connectivity index (χ1v) is 8.83. The van der Waals surface area contributed by atoms with Crippen LogP contribution in [0.15, 0.2) is 60.8 Å². The highest BCUT2D eigenvalue weighted by atomic mass is 16.4. The Balaban J connectivity index is 3.61. The van der Waals surface area contributed by atoms with Gasteiger partial charge in [-0.25, -0.2) is 4.79 Å². The lowest BCUT2D eigenvalue weighted by molar-refractivity contribution is -0.131. The summed E-state index contributed by atoms with van der Waals surface area (Å²) in [6, 6.07) is 0. The minimum atomic E-state index is -0.988. The van der Waals surface area contributed by atoms with E-state index in [1.165, 1.54) is 51.0 Å². The van der Waals surface area contributed by atoms with Crippen molar-refractivity contribution in [3.05, 3.63) is 60.8 Å². The zero-order valence-electron chi connectivity index (χ0n) is 14.8. The molecule has 2 heteroatoms. The van der Waals surface area contributed by atoms with Crippen molar-refractivity contribution in [2.45, 2.75) is 58.3 Å². The Hall–Kier alpha value is -2.27. The van der Waals surface area contributed by atoms with Crippen LogP contribution >= 0.6 is 0 Å². The smallest absolute Gasteiger partial charge is 0.328 e. The molecule has 0 fully saturated rings. The van der Waals surface area contributed by atoms with Crippen LogP contribution in [0.25, 0.3) is 0 Å². The van der Waals surface area contributed by atoms with Gasteiger partial charge >= 0.3 is 5.97 Å². The minimum Gasteiger partial charge on any atom is -0.478 e. The molecule has 0 rings (SSSR count). The summed E-state index contributed by atoms with van der Waals surface area (Å²) in [4.78, 5) is 10.2. The molecule has 0 aliphatic rings. The molecule has 0 aliphatic heterocycles. The second-order valence-corrected chi connectivity index (χ2v) is 5.43. The van der Waals surface area contributed by atoms with E-state index >= 15 is 0 Å². The van der Waals surface area contributed by atoms with E-state index in [0.717, 1.165) is 12.5 Å². The number of rotatable bonds is 12. The average molecular weight is 326 g/mol. The molecule has 0 heterocycles. The van der Waals surface area contributed by atoms with Crippen molar-refractivity contribution >= 4 is 5.97 Å². The molecule has 0 aromatic heterocycles. The van der Waals surface area contributed by atoms with Gasteiger partial charge in [-0.05, 0) is 25.0 Å². The molecule has 0 saturated carbocycles. The first-order valence-electron chi connectivity index (χ1n) is 8.83. The number of carboxylic acid groups (broad SMARTS) is 1. The highest BCUT2D eigenvalue weighted by molar-refractivity contribution is 5.80.